The molecule has 3 heterocycles. The number of fused-ring (bicyclic) bond motifs is 8. The van der Waals surface area contributed by atoms with Crippen LogP contribution in [0.2, 0.25) is 0 Å². The third-order valence-corrected chi connectivity index (χ3v) is 7.32. The van der Waals surface area contributed by atoms with Gasteiger partial charge in [0.1, 0.15) is 5.75 Å². The molecular formula is C31H36ClN3O6. The lowest BCUT2D eigenvalue weighted by molar-refractivity contribution is -0.131. The average Bonchev–Trinajstić information content (AvgIpc) is 2.98. The topological polar surface area (TPSA) is 112 Å². The van der Waals surface area contributed by atoms with Gasteiger partial charge >= 0.3 is 0 Å². The Morgan fingerprint density at radius 2 is 1.85 bits per heavy atom. The lowest BCUT2D eigenvalue weighted by Crippen LogP contribution is -2.43. The van der Waals surface area contributed by atoms with E-state index in [-0.39, 0.29) is 30.8 Å². The fourth-order valence-electron chi connectivity index (χ4n) is 5.31. The molecule has 0 spiro atoms. The first-order valence-corrected chi connectivity index (χ1v) is 13.5. The Bertz CT molecular complexity index is 1400. The first-order chi connectivity index (χ1) is 19.5. The Hall–Kier alpha value is -3.95. The number of aryl methyl sites for hydroxylation is 1. The molecule has 6 rings (SSSR count). The van der Waals surface area contributed by atoms with Crippen LogP contribution in [0.25, 0.3) is 0 Å². The molecule has 0 saturated heterocycles. The fourth-order valence-corrected chi connectivity index (χ4v) is 5.31. The number of methoxy groups -OCH3 is 2. The maximum atomic E-state index is 13.0. The lowest BCUT2D eigenvalue weighted by atomic mass is 9.87. The molecule has 218 valence electrons. The minimum absolute atomic E-state index is 0. The van der Waals surface area contributed by atoms with Crippen LogP contribution in [0.15, 0.2) is 54.6 Å². The van der Waals surface area contributed by atoms with E-state index in [0.717, 1.165) is 22.3 Å². The highest BCUT2D eigenvalue weighted by atomic mass is 35.5. The number of hydrogen-bond donors (Lipinski definition) is 2. The van der Waals surface area contributed by atoms with E-state index in [1.807, 2.05) is 54.6 Å². The Kier molecular flexibility index (Phi) is 9.96. The van der Waals surface area contributed by atoms with E-state index in [0.29, 0.717) is 74.1 Å². The molecule has 3 aromatic rings. The molecule has 2 amide bonds. The van der Waals surface area contributed by atoms with Gasteiger partial charge in [0.25, 0.3) is 0 Å². The molecule has 3 N–H and O–H groups in total. The van der Waals surface area contributed by atoms with Crippen molar-refractivity contribution in [1.29, 1.82) is 0 Å². The summed E-state index contributed by atoms with van der Waals surface area (Å²) in [5.74, 6) is 2.79. The van der Waals surface area contributed by atoms with Crippen LogP contribution in [-0.4, -0.2) is 57.2 Å². The maximum Gasteiger partial charge on any atom is 0.237 e. The van der Waals surface area contributed by atoms with Crippen molar-refractivity contribution in [2.45, 2.75) is 31.7 Å². The van der Waals surface area contributed by atoms with Crippen LogP contribution in [0, 0.1) is 0 Å². The highest BCUT2D eigenvalue weighted by Gasteiger charge is 2.33. The first kappa shape index (κ1) is 30.0. The molecular weight excluding hydrogens is 546 g/mol. The molecule has 0 saturated carbocycles. The van der Waals surface area contributed by atoms with E-state index >= 15 is 0 Å². The normalized spacial score (nSPS) is 16.8. The van der Waals surface area contributed by atoms with Gasteiger partial charge < -0.3 is 34.9 Å². The monoisotopic (exact) mass is 581 g/mol. The van der Waals surface area contributed by atoms with Crippen LogP contribution in [0.4, 0.5) is 0 Å². The summed E-state index contributed by atoms with van der Waals surface area (Å²) in [5.41, 5.74) is 9.70. The number of carbonyl (C=O) groups is 2. The summed E-state index contributed by atoms with van der Waals surface area (Å²) in [6.07, 6.45) is 2.25. The number of nitrogens with one attached hydrogen (secondary N) is 1. The molecule has 41 heavy (non-hydrogen) atoms. The quantitative estimate of drug-likeness (QED) is 0.477. The van der Waals surface area contributed by atoms with Crippen molar-refractivity contribution in [2.75, 3.05) is 40.5 Å². The van der Waals surface area contributed by atoms with Crippen molar-refractivity contribution in [2.24, 2.45) is 5.73 Å². The average molecular weight is 582 g/mol. The third kappa shape index (κ3) is 6.69. The number of carbonyl (C=O) groups excluding carboxylic acids is 2. The molecule has 1 unspecified atom stereocenters. The van der Waals surface area contributed by atoms with Gasteiger partial charge in [0.2, 0.25) is 11.8 Å². The summed E-state index contributed by atoms with van der Waals surface area (Å²) in [7, 11) is 3.19. The van der Waals surface area contributed by atoms with Gasteiger partial charge in [-0.25, -0.2) is 0 Å². The number of benzene rings is 3. The number of ether oxygens (including phenoxy) is 4. The first-order valence-electron chi connectivity index (χ1n) is 13.5. The van der Waals surface area contributed by atoms with Gasteiger partial charge in [0.05, 0.1) is 33.4 Å². The van der Waals surface area contributed by atoms with Crippen molar-refractivity contribution < 1.29 is 28.5 Å². The number of hydrogen-bond acceptors (Lipinski definition) is 7. The van der Waals surface area contributed by atoms with E-state index in [2.05, 4.69) is 5.32 Å². The number of nitrogens with two attached hydrogens (primary N) is 1. The summed E-state index contributed by atoms with van der Waals surface area (Å²) >= 11 is 0. The molecule has 0 aliphatic carbocycles. The summed E-state index contributed by atoms with van der Waals surface area (Å²) in [4.78, 5) is 27.2. The minimum Gasteiger partial charge on any atom is -0.493 e. The van der Waals surface area contributed by atoms with E-state index in [1.54, 1.807) is 19.1 Å². The summed E-state index contributed by atoms with van der Waals surface area (Å²) in [5, 5.41) is 2.96. The van der Waals surface area contributed by atoms with E-state index in [9.17, 15) is 9.59 Å². The largest absolute Gasteiger partial charge is 0.493 e. The van der Waals surface area contributed by atoms with Gasteiger partial charge in [0, 0.05) is 19.5 Å². The smallest absolute Gasteiger partial charge is 0.237 e. The summed E-state index contributed by atoms with van der Waals surface area (Å²) in [6, 6.07) is 17.0. The lowest BCUT2D eigenvalue weighted by Gasteiger charge is -2.38. The molecule has 3 aromatic carbocycles. The zero-order valence-electron chi connectivity index (χ0n) is 23.3. The number of halogens is 1. The van der Waals surface area contributed by atoms with E-state index in [4.69, 9.17) is 24.7 Å². The molecule has 3 aliphatic heterocycles. The molecule has 9 nitrogen and oxygen atoms in total. The number of rotatable bonds is 3. The molecule has 0 radical (unpaired) electrons. The summed E-state index contributed by atoms with van der Waals surface area (Å²) < 4.78 is 23.7. The van der Waals surface area contributed by atoms with Crippen LogP contribution in [0.5, 0.6) is 28.7 Å². The van der Waals surface area contributed by atoms with Crippen LogP contribution in [0.3, 0.4) is 0 Å². The molecule has 8 bridgehead atoms. The van der Waals surface area contributed by atoms with Crippen molar-refractivity contribution in [1.82, 2.24) is 10.2 Å². The second kappa shape index (κ2) is 13.6. The highest BCUT2D eigenvalue weighted by Crippen LogP contribution is 2.44. The van der Waals surface area contributed by atoms with Crippen LogP contribution >= 0.6 is 12.4 Å². The van der Waals surface area contributed by atoms with Gasteiger partial charge in [-0.1, -0.05) is 18.2 Å². The molecule has 1 atom stereocenters. The number of nitrogens with zero attached hydrogens (tertiary/aromatic N) is 1. The molecule has 0 fully saturated rings. The van der Waals surface area contributed by atoms with Gasteiger partial charge in [-0.3, -0.25) is 9.59 Å². The standard InChI is InChI=1S/C31H35N3O6.ClH/c1-37-25-9-8-22-17-27(25)39-14-4-12-33-29(35)10-7-20-5-3-6-23(15-20)40-28-16-21-11-13-34(30(36)19-32)31(22)24(21)18-26(28)38-2;/h3,5-6,8-9,15-18,31H,4,7,10-14,19,32H2,1-2H3,(H,33,35);1H. The van der Waals surface area contributed by atoms with Gasteiger partial charge in [0.15, 0.2) is 23.0 Å². The van der Waals surface area contributed by atoms with Gasteiger partial charge in [-0.2, -0.15) is 0 Å². The zero-order valence-corrected chi connectivity index (χ0v) is 24.1. The van der Waals surface area contributed by atoms with Gasteiger partial charge in [-0.05, 0) is 77.9 Å². The Morgan fingerprint density at radius 1 is 1.02 bits per heavy atom. The Balaban J connectivity index is 0.00000387. The minimum atomic E-state index is -0.399. The Morgan fingerprint density at radius 3 is 2.63 bits per heavy atom. The van der Waals surface area contributed by atoms with Crippen LogP contribution in [0.1, 0.15) is 41.1 Å². The third-order valence-electron chi connectivity index (χ3n) is 7.32. The second-order valence-electron chi connectivity index (χ2n) is 9.86. The summed E-state index contributed by atoms with van der Waals surface area (Å²) in [6.45, 7) is 1.31. The molecule has 10 heteroatoms. The van der Waals surface area contributed by atoms with E-state index < -0.39 is 6.04 Å². The number of amides is 2. The van der Waals surface area contributed by atoms with Gasteiger partial charge in [-0.15, -0.1) is 12.4 Å². The van der Waals surface area contributed by atoms with Crippen molar-refractivity contribution in [3.05, 3.63) is 76.9 Å². The van der Waals surface area contributed by atoms with Crippen LogP contribution in [-0.2, 0) is 22.4 Å². The predicted molar refractivity (Wildman–Crippen MR) is 158 cm³/mol. The zero-order chi connectivity index (χ0) is 28.1. The van der Waals surface area contributed by atoms with E-state index in [1.165, 1.54) is 0 Å². The maximum absolute atomic E-state index is 13.0. The highest BCUT2D eigenvalue weighted by molar-refractivity contribution is 5.85. The van der Waals surface area contributed by atoms with Crippen molar-refractivity contribution in [3.63, 3.8) is 0 Å². The second-order valence-corrected chi connectivity index (χ2v) is 9.86. The fraction of sp³-hybridized carbons (Fsp3) is 0.355. The Labute approximate surface area is 246 Å². The molecule has 3 aliphatic rings. The van der Waals surface area contributed by atoms with Crippen molar-refractivity contribution in [3.8, 4) is 28.7 Å². The molecule has 0 aromatic heterocycles. The van der Waals surface area contributed by atoms with Crippen molar-refractivity contribution >= 4 is 24.2 Å². The SMILES string of the molecule is COc1ccc2cc1OCCCNC(=O)CCc1cccc(c1)Oc1cc3c(cc1OC)C2N(C(=O)CN)CC3.Cl. The van der Waals surface area contributed by atoms with Crippen LogP contribution < -0.4 is 30.0 Å². The predicted octanol–water partition coefficient (Wildman–Crippen LogP) is 4.18.